The van der Waals surface area contributed by atoms with E-state index in [0.29, 0.717) is 18.8 Å². The monoisotopic (exact) mass is 380 g/mol. The predicted molar refractivity (Wildman–Crippen MR) is 104 cm³/mol. The van der Waals surface area contributed by atoms with Gasteiger partial charge in [0.15, 0.2) is 0 Å². The number of aromatic nitrogens is 5. The molecule has 1 atom stereocenters. The molecule has 1 N–H and O–H groups in total. The highest BCUT2D eigenvalue weighted by Crippen LogP contribution is 2.27. The summed E-state index contributed by atoms with van der Waals surface area (Å²) in [5.41, 5.74) is 2.19. The van der Waals surface area contributed by atoms with E-state index in [1.54, 1.807) is 25.6 Å². The second kappa shape index (κ2) is 8.35. The van der Waals surface area contributed by atoms with Gasteiger partial charge in [-0.25, -0.2) is 4.98 Å². The number of ether oxygens (including phenoxy) is 1. The summed E-state index contributed by atoms with van der Waals surface area (Å²) in [5, 5.41) is 7.18. The molecule has 1 amide bonds. The number of rotatable bonds is 6. The molecule has 1 aliphatic heterocycles. The molecule has 1 unspecified atom stereocenters. The Morgan fingerprint density at radius 1 is 1.32 bits per heavy atom. The first kappa shape index (κ1) is 18.4. The summed E-state index contributed by atoms with van der Waals surface area (Å²) in [6.45, 7) is 2.82. The zero-order valence-corrected chi connectivity index (χ0v) is 15.9. The third-order valence-corrected chi connectivity index (χ3v) is 5.14. The smallest absolute Gasteiger partial charge is 0.271 e. The van der Waals surface area contributed by atoms with Gasteiger partial charge in [-0.1, -0.05) is 0 Å². The third kappa shape index (κ3) is 3.82. The minimum absolute atomic E-state index is 0.0208. The van der Waals surface area contributed by atoms with Crippen LogP contribution in [0.4, 0.5) is 0 Å². The molecule has 3 aromatic heterocycles. The Labute approximate surface area is 163 Å². The van der Waals surface area contributed by atoms with E-state index in [1.165, 1.54) is 0 Å². The van der Waals surface area contributed by atoms with Crippen LogP contribution in [0.25, 0.3) is 11.3 Å². The molecule has 28 heavy (non-hydrogen) atoms. The van der Waals surface area contributed by atoms with Crippen molar-refractivity contribution in [3.8, 4) is 11.3 Å². The van der Waals surface area contributed by atoms with Gasteiger partial charge in [0.25, 0.3) is 5.91 Å². The number of nitrogens with zero attached hydrogens (tertiary/aromatic N) is 5. The Bertz CT molecular complexity index is 920. The number of hydrogen-bond donors (Lipinski definition) is 1. The maximum atomic E-state index is 13.0. The molecule has 1 aliphatic rings. The van der Waals surface area contributed by atoms with Crippen molar-refractivity contribution in [1.82, 2.24) is 29.6 Å². The van der Waals surface area contributed by atoms with Crippen molar-refractivity contribution < 1.29 is 9.53 Å². The summed E-state index contributed by atoms with van der Waals surface area (Å²) in [4.78, 5) is 23.5. The van der Waals surface area contributed by atoms with Crippen molar-refractivity contribution in [3.63, 3.8) is 0 Å². The number of piperidine rings is 1. The number of carbonyl (C=O) groups excluding carboxylic acids is 1. The number of aromatic amines is 1. The fraction of sp³-hybridized carbons (Fsp3) is 0.400. The maximum absolute atomic E-state index is 13.0. The fourth-order valence-electron chi connectivity index (χ4n) is 3.70. The molecule has 0 spiro atoms. The fourth-order valence-corrected chi connectivity index (χ4v) is 3.70. The van der Waals surface area contributed by atoms with Crippen molar-refractivity contribution in [3.05, 3.63) is 54.5 Å². The predicted octanol–water partition coefficient (Wildman–Crippen LogP) is 2.33. The quantitative estimate of drug-likeness (QED) is 0.709. The van der Waals surface area contributed by atoms with Gasteiger partial charge >= 0.3 is 0 Å². The molecule has 0 bridgehead atoms. The molecule has 8 nitrogen and oxygen atoms in total. The van der Waals surface area contributed by atoms with Crippen molar-refractivity contribution in [1.29, 1.82) is 0 Å². The van der Waals surface area contributed by atoms with E-state index in [-0.39, 0.29) is 11.8 Å². The lowest BCUT2D eigenvalue weighted by Crippen LogP contribution is -2.40. The molecule has 8 heteroatoms. The van der Waals surface area contributed by atoms with Gasteiger partial charge in [0.1, 0.15) is 11.5 Å². The van der Waals surface area contributed by atoms with Crippen LogP contribution in [-0.2, 0) is 11.3 Å². The van der Waals surface area contributed by atoms with Crippen LogP contribution in [-0.4, -0.2) is 62.3 Å². The number of pyridine rings is 1. The van der Waals surface area contributed by atoms with Crippen molar-refractivity contribution >= 4 is 5.91 Å². The normalized spacial score (nSPS) is 17.0. The maximum Gasteiger partial charge on any atom is 0.271 e. The van der Waals surface area contributed by atoms with E-state index in [4.69, 9.17) is 4.74 Å². The molecule has 0 radical (unpaired) electrons. The van der Waals surface area contributed by atoms with Gasteiger partial charge in [0.2, 0.25) is 0 Å². The average molecular weight is 380 g/mol. The van der Waals surface area contributed by atoms with E-state index in [2.05, 4.69) is 24.7 Å². The Hall–Kier alpha value is -3.00. The number of likely N-dealkylation sites (tertiary alicyclic amines) is 1. The first-order valence-electron chi connectivity index (χ1n) is 9.51. The largest absolute Gasteiger partial charge is 0.383 e. The zero-order valence-electron chi connectivity index (χ0n) is 15.9. The van der Waals surface area contributed by atoms with Gasteiger partial charge in [0.05, 0.1) is 12.3 Å². The Morgan fingerprint density at radius 2 is 2.18 bits per heavy atom. The molecular weight excluding hydrogens is 356 g/mol. The molecule has 146 valence electrons. The lowest BCUT2D eigenvalue weighted by molar-refractivity contribution is 0.0696. The SMILES string of the molecule is COCCn1ccnc1C1CCCN(C(=O)c2cc(-c3ccncc3)n[nH]2)C1. The summed E-state index contributed by atoms with van der Waals surface area (Å²) >= 11 is 0. The van der Waals surface area contributed by atoms with Crippen molar-refractivity contribution in [2.75, 3.05) is 26.8 Å². The van der Waals surface area contributed by atoms with Gasteiger partial charge in [-0.3, -0.25) is 14.9 Å². The van der Waals surface area contributed by atoms with E-state index in [9.17, 15) is 4.79 Å². The lowest BCUT2D eigenvalue weighted by atomic mass is 9.96. The molecular formula is C20H24N6O2. The number of H-pyrrole nitrogens is 1. The van der Waals surface area contributed by atoms with E-state index in [1.807, 2.05) is 29.4 Å². The molecule has 4 rings (SSSR count). The molecule has 1 fully saturated rings. The first-order valence-corrected chi connectivity index (χ1v) is 9.51. The molecule has 0 saturated carbocycles. The molecule has 0 aromatic carbocycles. The van der Waals surface area contributed by atoms with Gasteiger partial charge in [-0.2, -0.15) is 5.10 Å². The van der Waals surface area contributed by atoms with Crippen LogP contribution in [0.15, 0.2) is 43.0 Å². The molecule has 3 aromatic rings. The van der Waals surface area contributed by atoms with Crippen LogP contribution >= 0.6 is 0 Å². The van der Waals surface area contributed by atoms with Gasteiger partial charge < -0.3 is 14.2 Å². The molecule has 1 saturated heterocycles. The van der Waals surface area contributed by atoms with E-state index < -0.39 is 0 Å². The lowest BCUT2D eigenvalue weighted by Gasteiger charge is -2.32. The number of carbonyl (C=O) groups is 1. The van der Waals surface area contributed by atoms with Crippen LogP contribution in [0.2, 0.25) is 0 Å². The zero-order chi connectivity index (χ0) is 19.3. The molecule has 4 heterocycles. The van der Waals surface area contributed by atoms with Crippen LogP contribution in [0.3, 0.4) is 0 Å². The number of methoxy groups -OCH3 is 1. The number of nitrogens with one attached hydrogen (secondary N) is 1. The molecule has 0 aliphatic carbocycles. The second-order valence-corrected chi connectivity index (χ2v) is 6.96. The Kier molecular flexibility index (Phi) is 5.48. The summed E-state index contributed by atoms with van der Waals surface area (Å²) in [6.07, 6.45) is 9.21. The Morgan fingerprint density at radius 3 is 3.00 bits per heavy atom. The van der Waals surface area contributed by atoms with Crippen LogP contribution in [0.5, 0.6) is 0 Å². The minimum atomic E-state index is -0.0208. The summed E-state index contributed by atoms with van der Waals surface area (Å²) < 4.78 is 7.31. The summed E-state index contributed by atoms with van der Waals surface area (Å²) in [5.74, 6) is 1.23. The number of amides is 1. The van der Waals surface area contributed by atoms with Crippen molar-refractivity contribution in [2.24, 2.45) is 0 Å². The summed E-state index contributed by atoms with van der Waals surface area (Å²) in [6, 6.07) is 5.56. The van der Waals surface area contributed by atoms with E-state index in [0.717, 1.165) is 43.0 Å². The summed E-state index contributed by atoms with van der Waals surface area (Å²) in [7, 11) is 1.70. The Balaban J connectivity index is 1.47. The second-order valence-electron chi connectivity index (χ2n) is 6.96. The average Bonchev–Trinajstić information content (AvgIpc) is 3.42. The topological polar surface area (TPSA) is 88.9 Å². The highest BCUT2D eigenvalue weighted by Gasteiger charge is 2.28. The van der Waals surface area contributed by atoms with Gasteiger partial charge in [-0.15, -0.1) is 0 Å². The first-order chi connectivity index (χ1) is 13.8. The van der Waals surface area contributed by atoms with Crippen molar-refractivity contribution in [2.45, 2.75) is 25.3 Å². The van der Waals surface area contributed by atoms with Gasteiger partial charge in [-0.05, 0) is 31.0 Å². The highest BCUT2D eigenvalue weighted by molar-refractivity contribution is 5.93. The minimum Gasteiger partial charge on any atom is -0.383 e. The van der Waals surface area contributed by atoms with Crippen LogP contribution < -0.4 is 0 Å². The standard InChI is InChI=1S/C20H24N6O2/c1-28-12-11-25-10-8-22-19(25)16-3-2-9-26(14-16)20(27)18-13-17(23-24-18)15-4-6-21-7-5-15/h4-8,10,13,16H,2-3,9,11-12,14H2,1H3,(H,23,24). The van der Waals surface area contributed by atoms with Crippen LogP contribution in [0.1, 0.15) is 35.1 Å². The number of hydrogen-bond acceptors (Lipinski definition) is 5. The third-order valence-electron chi connectivity index (χ3n) is 5.14. The van der Waals surface area contributed by atoms with Crippen LogP contribution in [0, 0.1) is 0 Å². The van der Waals surface area contributed by atoms with E-state index >= 15 is 0 Å². The number of imidazole rings is 1. The van der Waals surface area contributed by atoms with Gasteiger partial charge in [0, 0.05) is 63.0 Å². The highest BCUT2D eigenvalue weighted by atomic mass is 16.5.